The summed E-state index contributed by atoms with van der Waals surface area (Å²) in [7, 11) is 0. The number of carbonyl (C=O) groups excluding carboxylic acids is 1. The summed E-state index contributed by atoms with van der Waals surface area (Å²) in [6, 6.07) is 15.7. The average Bonchev–Trinajstić information content (AvgIpc) is 3.23. The molecule has 0 radical (unpaired) electrons. The maximum atomic E-state index is 12.7. The van der Waals surface area contributed by atoms with E-state index in [1.165, 1.54) is 0 Å². The van der Waals surface area contributed by atoms with Gasteiger partial charge in [-0.25, -0.2) is 0 Å². The molecule has 2 aromatic carbocycles. The molecule has 0 spiro atoms. The predicted octanol–water partition coefficient (Wildman–Crippen LogP) is 5.07. The number of piperidine rings is 1. The number of benzene rings is 2. The van der Waals surface area contributed by atoms with E-state index in [0.29, 0.717) is 18.3 Å². The highest BCUT2D eigenvalue weighted by atomic mass is 79.9. The van der Waals surface area contributed by atoms with Gasteiger partial charge in [-0.2, -0.15) is 4.98 Å². The zero-order valence-corrected chi connectivity index (χ0v) is 19.1. The summed E-state index contributed by atoms with van der Waals surface area (Å²) in [5, 5.41) is 7.20. The molecule has 6 nitrogen and oxygen atoms in total. The van der Waals surface area contributed by atoms with Crippen molar-refractivity contribution in [1.82, 2.24) is 15.0 Å². The van der Waals surface area contributed by atoms with Gasteiger partial charge in [0.1, 0.15) is 0 Å². The van der Waals surface area contributed by atoms with Gasteiger partial charge < -0.3 is 9.84 Å². The van der Waals surface area contributed by atoms with Crippen molar-refractivity contribution in [3.63, 3.8) is 0 Å². The van der Waals surface area contributed by atoms with Gasteiger partial charge in [0.2, 0.25) is 17.6 Å². The molecule has 3 aromatic rings. The summed E-state index contributed by atoms with van der Waals surface area (Å²) >= 11 is 5.10. The minimum Gasteiger partial charge on any atom is -0.338 e. The lowest BCUT2D eigenvalue weighted by Crippen LogP contribution is -2.37. The summed E-state index contributed by atoms with van der Waals surface area (Å²) in [4.78, 5) is 20.6. The van der Waals surface area contributed by atoms with E-state index in [1.54, 1.807) is 11.8 Å². The Labute approximate surface area is 188 Å². The Morgan fingerprint density at radius 1 is 1.23 bits per heavy atom. The molecule has 0 aliphatic carbocycles. The summed E-state index contributed by atoms with van der Waals surface area (Å²) in [5.41, 5.74) is 1.81. The second-order valence-electron chi connectivity index (χ2n) is 7.26. The molecule has 0 atom stereocenters. The van der Waals surface area contributed by atoms with E-state index in [4.69, 9.17) is 4.52 Å². The zero-order chi connectivity index (χ0) is 20.9. The van der Waals surface area contributed by atoms with Gasteiger partial charge >= 0.3 is 0 Å². The Morgan fingerprint density at radius 2 is 2.03 bits per heavy atom. The first kappa shape index (κ1) is 21.1. The van der Waals surface area contributed by atoms with Gasteiger partial charge in [-0.15, -0.1) is 11.8 Å². The van der Waals surface area contributed by atoms with Gasteiger partial charge in [0.15, 0.2) is 0 Å². The number of anilines is 1. The smallest absolute Gasteiger partial charge is 0.241 e. The van der Waals surface area contributed by atoms with Crippen LogP contribution in [0, 0.1) is 5.92 Å². The zero-order valence-electron chi connectivity index (χ0n) is 16.7. The number of halogens is 1. The van der Waals surface area contributed by atoms with Crippen LogP contribution in [0.15, 0.2) is 62.4 Å². The van der Waals surface area contributed by atoms with Crippen molar-refractivity contribution in [3.8, 4) is 11.4 Å². The topological polar surface area (TPSA) is 71.3 Å². The van der Waals surface area contributed by atoms with Crippen molar-refractivity contribution < 1.29 is 9.32 Å². The van der Waals surface area contributed by atoms with Crippen LogP contribution in [0.4, 0.5) is 5.69 Å². The first-order valence-corrected chi connectivity index (χ1v) is 11.9. The van der Waals surface area contributed by atoms with E-state index < -0.39 is 0 Å². The lowest BCUT2D eigenvalue weighted by atomic mass is 9.96. The number of nitrogens with zero attached hydrogens (tertiary/aromatic N) is 3. The third-order valence-electron chi connectivity index (χ3n) is 5.23. The maximum Gasteiger partial charge on any atom is 0.241 e. The first-order valence-electron chi connectivity index (χ1n) is 9.87. The average molecular weight is 487 g/mol. The number of amides is 1. The Bertz CT molecular complexity index is 1020. The minimum absolute atomic E-state index is 0.0241. The monoisotopic (exact) mass is 486 g/mol. The molecular weight excluding hydrogens is 464 g/mol. The lowest BCUT2D eigenvalue weighted by molar-refractivity contribution is -0.121. The first-order chi connectivity index (χ1) is 14.6. The van der Waals surface area contributed by atoms with E-state index in [9.17, 15) is 4.79 Å². The van der Waals surface area contributed by atoms with E-state index in [2.05, 4.69) is 36.3 Å². The van der Waals surface area contributed by atoms with Crippen molar-refractivity contribution in [2.45, 2.75) is 24.3 Å². The molecule has 1 amide bonds. The number of nitrogens with one attached hydrogen (secondary N) is 1. The molecule has 1 aliphatic heterocycles. The summed E-state index contributed by atoms with van der Waals surface area (Å²) < 4.78 is 6.42. The number of carbonyl (C=O) groups is 1. The van der Waals surface area contributed by atoms with Crippen molar-refractivity contribution in [3.05, 3.63) is 58.9 Å². The molecule has 8 heteroatoms. The SMILES string of the molecule is CSc1ccccc1NC(=O)C1CCN(Cc2nc(-c3cccc(Br)c3)no2)CC1. The Morgan fingerprint density at radius 3 is 2.80 bits per heavy atom. The molecule has 30 heavy (non-hydrogen) atoms. The molecule has 0 bridgehead atoms. The number of likely N-dealkylation sites (tertiary alicyclic amines) is 1. The molecule has 1 fully saturated rings. The van der Waals surface area contributed by atoms with Crippen LogP contribution in [0.25, 0.3) is 11.4 Å². The third kappa shape index (κ3) is 5.11. The number of aromatic nitrogens is 2. The normalized spacial score (nSPS) is 15.3. The van der Waals surface area contributed by atoms with Gasteiger partial charge in [-0.05, 0) is 56.5 Å². The van der Waals surface area contributed by atoms with Crippen molar-refractivity contribution in [2.24, 2.45) is 5.92 Å². The summed E-state index contributed by atoms with van der Waals surface area (Å²) in [5.74, 6) is 1.32. The number of rotatable bonds is 6. The molecule has 1 aliphatic rings. The Kier molecular flexibility index (Phi) is 6.86. The van der Waals surface area contributed by atoms with Crippen LogP contribution in [0.5, 0.6) is 0 Å². The second kappa shape index (κ2) is 9.76. The molecule has 1 aromatic heterocycles. The molecule has 1 N–H and O–H groups in total. The number of hydrogen-bond acceptors (Lipinski definition) is 6. The van der Waals surface area contributed by atoms with Crippen LogP contribution in [0.1, 0.15) is 18.7 Å². The van der Waals surface area contributed by atoms with Gasteiger partial charge in [0.05, 0.1) is 12.2 Å². The van der Waals surface area contributed by atoms with Crippen LogP contribution >= 0.6 is 27.7 Å². The standard InChI is InChI=1S/C22H23BrN4O2S/c1-30-19-8-3-2-7-18(19)24-22(28)15-9-11-27(12-10-15)14-20-25-21(26-29-20)16-5-4-6-17(23)13-16/h2-8,13,15H,9-12,14H2,1H3,(H,24,28). The van der Waals surface area contributed by atoms with Crippen molar-refractivity contribution in [1.29, 1.82) is 0 Å². The molecule has 2 heterocycles. The number of para-hydroxylation sites is 1. The third-order valence-corrected chi connectivity index (χ3v) is 6.52. The quantitative estimate of drug-likeness (QED) is 0.490. The van der Waals surface area contributed by atoms with Crippen LogP contribution < -0.4 is 5.32 Å². The highest BCUT2D eigenvalue weighted by molar-refractivity contribution is 9.10. The minimum atomic E-state index is 0.0241. The van der Waals surface area contributed by atoms with Gasteiger partial charge in [0, 0.05) is 20.8 Å². The van der Waals surface area contributed by atoms with E-state index in [-0.39, 0.29) is 11.8 Å². The molecular formula is C22H23BrN4O2S. The Balaban J connectivity index is 1.30. The maximum absolute atomic E-state index is 12.7. The number of thioether (sulfide) groups is 1. The van der Waals surface area contributed by atoms with Crippen LogP contribution in [-0.2, 0) is 11.3 Å². The van der Waals surface area contributed by atoms with E-state index in [0.717, 1.165) is 46.6 Å². The fourth-order valence-corrected chi connectivity index (χ4v) is 4.54. The number of hydrogen-bond donors (Lipinski definition) is 1. The van der Waals surface area contributed by atoms with Crippen LogP contribution in [0.2, 0.25) is 0 Å². The second-order valence-corrected chi connectivity index (χ2v) is 9.03. The van der Waals surface area contributed by atoms with Crippen molar-refractivity contribution >= 4 is 39.3 Å². The van der Waals surface area contributed by atoms with Gasteiger partial charge in [-0.3, -0.25) is 9.69 Å². The molecule has 156 valence electrons. The lowest BCUT2D eigenvalue weighted by Gasteiger charge is -2.30. The van der Waals surface area contributed by atoms with E-state index in [1.807, 2.05) is 54.8 Å². The highest BCUT2D eigenvalue weighted by Gasteiger charge is 2.26. The largest absolute Gasteiger partial charge is 0.338 e. The molecule has 4 rings (SSSR count). The fraction of sp³-hybridized carbons (Fsp3) is 0.318. The molecule has 0 saturated carbocycles. The van der Waals surface area contributed by atoms with Gasteiger partial charge in [-0.1, -0.05) is 45.4 Å². The highest BCUT2D eigenvalue weighted by Crippen LogP contribution is 2.27. The van der Waals surface area contributed by atoms with Crippen molar-refractivity contribution in [2.75, 3.05) is 24.7 Å². The molecule has 1 saturated heterocycles. The van der Waals surface area contributed by atoms with Gasteiger partial charge in [0.25, 0.3) is 0 Å². The Hall–Kier alpha value is -2.16. The van der Waals surface area contributed by atoms with Crippen LogP contribution in [0.3, 0.4) is 0 Å². The summed E-state index contributed by atoms with van der Waals surface area (Å²) in [6.07, 6.45) is 3.66. The predicted molar refractivity (Wildman–Crippen MR) is 122 cm³/mol. The fourth-order valence-electron chi connectivity index (χ4n) is 3.59. The van der Waals surface area contributed by atoms with E-state index >= 15 is 0 Å². The molecule has 0 unspecified atom stereocenters. The van der Waals surface area contributed by atoms with Crippen LogP contribution in [-0.4, -0.2) is 40.3 Å². The summed E-state index contributed by atoms with van der Waals surface area (Å²) in [6.45, 7) is 2.26.